The summed E-state index contributed by atoms with van der Waals surface area (Å²) in [5.41, 5.74) is 0.775. The van der Waals surface area contributed by atoms with E-state index in [1.165, 1.54) is 0 Å². The number of carboxylic acid groups (broad SMARTS) is 1. The molecule has 0 bridgehead atoms. The van der Waals surface area contributed by atoms with Gasteiger partial charge in [0.15, 0.2) is 0 Å². The van der Waals surface area contributed by atoms with Crippen molar-refractivity contribution in [1.82, 2.24) is 0 Å². The van der Waals surface area contributed by atoms with E-state index < -0.39 is 17.4 Å². The molecule has 0 fully saturated rings. The highest BCUT2D eigenvalue weighted by atomic mass is 16.5. The van der Waals surface area contributed by atoms with E-state index in [4.69, 9.17) is 25.2 Å². The number of carboxylic acids is 1. The normalized spacial score (nSPS) is 10.4. The maximum Gasteiger partial charge on any atom is 0.335 e. The van der Waals surface area contributed by atoms with E-state index in [1.807, 2.05) is 13.8 Å². The number of benzene rings is 1. The highest BCUT2D eigenvalue weighted by molar-refractivity contribution is 5.88. The molecule has 0 heterocycles. The fraction of sp³-hybridized carbons (Fsp3) is 0.474. The molecule has 0 aliphatic rings. The number of aromatic carboxylic acids is 1. The highest BCUT2D eigenvalue weighted by Gasteiger charge is 2.28. The molecule has 26 heavy (non-hydrogen) atoms. The van der Waals surface area contributed by atoms with E-state index in [1.54, 1.807) is 37.3 Å². The van der Waals surface area contributed by atoms with Crippen LogP contribution in [0.1, 0.15) is 37.6 Å². The number of allylic oxidation sites excluding steroid dienone is 1. The van der Waals surface area contributed by atoms with Gasteiger partial charge in [0, 0.05) is 11.0 Å². The van der Waals surface area contributed by atoms with Crippen LogP contribution in [0.2, 0.25) is 0 Å². The number of hydrogen-bond acceptors (Lipinski definition) is 6. The van der Waals surface area contributed by atoms with Gasteiger partial charge in [0.05, 0.1) is 32.0 Å². The molecule has 146 valence electrons. The molecular weight excluding hydrogens is 340 g/mol. The molecule has 1 aromatic carbocycles. The Kier molecular flexibility index (Phi) is 11.1. The summed E-state index contributed by atoms with van der Waals surface area (Å²) in [7, 11) is 0. The fourth-order valence-corrected chi connectivity index (χ4v) is 1.64. The van der Waals surface area contributed by atoms with Crippen molar-refractivity contribution in [1.29, 1.82) is 0 Å². The van der Waals surface area contributed by atoms with E-state index in [-0.39, 0.29) is 32.8 Å². The molecule has 0 saturated heterocycles. The van der Waals surface area contributed by atoms with Crippen LogP contribution in [0.3, 0.4) is 0 Å². The lowest BCUT2D eigenvalue weighted by Crippen LogP contribution is -2.35. The Labute approximate surface area is 153 Å². The first-order valence-electron chi connectivity index (χ1n) is 8.15. The molecule has 0 aliphatic heterocycles. The van der Waals surface area contributed by atoms with Gasteiger partial charge >= 0.3 is 11.9 Å². The first kappa shape index (κ1) is 23.8. The molecule has 0 aliphatic carbocycles. The summed E-state index contributed by atoms with van der Waals surface area (Å²) in [5, 5.41) is 35.6. The van der Waals surface area contributed by atoms with Gasteiger partial charge in [-0.05, 0) is 39.3 Å². The van der Waals surface area contributed by atoms with Crippen molar-refractivity contribution in [2.75, 3.05) is 26.4 Å². The largest absolute Gasteiger partial charge is 0.478 e. The number of rotatable bonds is 8. The van der Waals surface area contributed by atoms with E-state index in [9.17, 15) is 9.59 Å². The zero-order valence-electron chi connectivity index (χ0n) is 15.4. The van der Waals surface area contributed by atoms with Gasteiger partial charge in [-0.25, -0.2) is 9.59 Å². The summed E-state index contributed by atoms with van der Waals surface area (Å²) in [6.45, 7) is 4.32. The van der Waals surface area contributed by atoms with Crippen LogP contribution in [0.25, 0.3) is 0 Å². The highest BCUT2D eigenvalue weighted by Crippen LogP contribution is 2.20. The fourth-order valence-electron chi connectivity index (χ4n) is 1.64. The first-order chi connectivity index (χ1) is 12.2. The molecule has 4 N–H and O–H groups in total. The number of aliphatic hydroxyl groups is 3. The number of esters is 1. The van der Waals surface area contributed by atoms with Crippen molar-refractivity contribution >= 4 is 11.9 Å². The maximum atomic E-state index is 11.5. The Morgan fingerprint density at radius 3 is 1.81 bits per heavy atom. The average molecular weight is 368 g/mol. The second kappa shape index (κ2) is 12.2. The topological polar surface area (TPSA) is 124 Å². The number of aliphatic hydroxyl groups excluding tert-OH is 3. The molecular formula is C19H28O7. The smallest absolute Gasteiger partial charge is 0.335 e. The van der Waals surface area contributed by atoms with Crippen LogP contribution < -0.4 is 0 Å². The Hall–Kier alpha value is -2.22. The van der Waals surface area contributed by atoms with Crippen molar-refractivity contribution < 1.29 is 34.8 Å². The molecule has 0 unspecified atom stereocenters. The molecule has 1 rings (SSSR count). The van der Waals surface area contributed by atoms with Gasteiger partial charge in [-0.2, -0.15) is 0 Å². The Balaban J connectivity index is 0.000000577. The molecule has 0 spiro atoms. The maximum absolute atomic E-state index is 11.5. The lowest BCUT2D eigenvalue weighted by atomic mass is 9.88. The summed E-state index contributed by atoms with van der Waals surface area (Å²) in [5.74, 6) is -1.29. The van der Waals surface area contributed by atoms with Crippen LogP contribution in [-0.4, -0.2) is 58.8 Å². The van der Waals surface area contributed by atoms with E-state index in [0.29, 0.717) is 11.1 Å². The van der Waals surface area contributed by atoms with Crippen molar-refractivity contribution in [3.8, 4) is 0 Å². The minimum absolute atomic E-state index is 0.0606. The second-order valence-electron chi connectivity index (χ2n) is 6.16. The second-order valence-corrected chi connectivity index (χ2v) is 6.16. The van der Waals surface area contributed by atoms with Crippen LogP contribution in [-0.2, 0) is 9.53 Å². The zero-order valence-corrected chi connectivity index (χ0v) is 15.4. The minimum atomic E-state index is -0.987. The van der Waals surface area contributed by atoms with E-state index >= 15 is 0 Å². The summed E-state index contributed by atoms with van der Waals surface area (Å²) in [6.07, 6.45) is 0.221. The Bertz CT molecular complexity index is 577. The van der Waals surface area contributed by atoms with Crippen LogP contribution in [0.15, 0.2) is 41.5 Å². The molecule has 1 aromatic rings. The van der Waals surface area contributed by atoms with Crippen LogP contribution in [0.5, 0.6) is 0 Å². The Morgan fingerprint density at radius 1 is 0.962 bits per heavy atom. The predicted octanol–water partition coefficient (Wildman–Crippen LogP) is 1.62. The quantitative estimate of drug-likeness (QED) is 0.406. The summed E-state index contributed by atoms with van der Waals surface area (Å²) >= 11 is 0. The third-order valence-corrected chi connectivity index (χ3v) is 3.95. The lowest BCUT2D eigenvalue weighted by molar-refractivity contribution is -0.140. The number of ether oxygens (including phenoxy) is 1. The molecule has 7 heteroatoms. The zero-order chi connectivity index (χ0) is 20.2. The van der Waals surface area contributed by atoms with Crippen LogP contribution >= 0.6 is 0 Å². The molecule has 0 amide bonds. The predicted molar refractivity (Wildman–Crippen MR) is 96.7 cm³/mol. The Morgan fingerprint density at radius 2 is 1.46 bits per heavy atom. The van der Waals surface area contributed by atoms with Gasteiger partial charge < -0.3 is 25.2 Å². The van der Waals surface area contributed by atoms with E-state index in [2.05, 4.69) is 0 Å². The lowest BCUT2D eigenvalue weighted by Gasteiger charge is -2.26. The number of carbonyl (C=O) groups excluding carboxylic acids is 1. The van der Waals surface area contributed by atoms with Gasteiger partial charge in [-0.1, -0.05) is 23.8 Å². The molecule has 0 saturated carbocycles. The van der Waals surface area contributed by atoms with E-state index in [0.717, 1.165) is 5.57 Å². The van der Waals surface area contributed by atoms with Crippen molar-refractivity contribution in [3.63, 3.8) is 0 Å². The molecule has 0 radical (unpaired) electrons. The van der Waals surface area contributed by atoms with Gasteiger partial charge in [0.25, 0.3) is 0 Å². The summed E-state index contributed by atoms with van der Waals surface area (Å²) in [4.78, 5) is 21.7. The monoisotopic (exact) mass is 368 g/mol. The van der Waals surface area contributed by atoms with Gasteiger partial charge in [-0.3, -0.25) is 0 Å². The molecule has 0 aromatic heterocycles. The van der Waals surface area contributed by atoms with Gasteiger partial charge in [0.1, 0.15) is 0 Å². The number of carbonyl (C=O) groups is 2. The van der Waals surface area contributed by atoms with Crippen molar-refractivity contribution in [2.24, 2.45) is 5.41 Å². The minimum Gasteiger partial charge on any atom is -0.478 e. The number of hydrogen-bond donors (Lipinski definition) is 4. The van der Waals surface area contributed by atoms with Crippen LogP contribution in [0, 0.1) is 5.41 Å². The summed E-state index contributed by atoms with van der Waals surface area (Å²) in [6, 6.07) is 8.30. The standard InChI is InChI=1S/C12H22O5.C7H6O2/c1-9(2)10(3)11(16)17-5-4-12(6-13,7-14)8-15;8-7(9)6-4-2-1-3-5-6/h13-15H,4-8H2,1-3H3;1-5H,(H,8,9). The van der Waals surface area contributed by atoms with Crippen molar-refractivity contribution in [3.05, 3.63) is 47.0 Å². The molecule has 7 nitrogen and oxygen atoms in total. The van der Waals surface area contributed by atoms with Crippen LogP contribution in [0.4, 0.5) is 0 Å². The van der Waals surface area contributed by atoms with Gasteiger partial charge in [-0.15, -0.1) is 0 Å². The van der Waals surface area contributed by atoms with Crippen molar-refractivity contribution in [2.45, 2.75) is 27.2 Å². The third kappa shape index (κ3) is 8.24. The first-order valence-corrected chi connectivity index (χ1v) is 8.15. The molecule has 0 atom stereocenters. The van der Waals surface area contributed by atoms with Gasteiger partial charge in [0.2, 0.25) is 0 Å². The summed E-state index contributed by atoms with van der Waals surface area (Å²) < 4.78 is 5.00. The third-order valence-electron chi connectivity index (χ3n) is 3.95. The average Bonchev–Trinajstić information content (AvgIpc) is 2.66. The SMILES string of the molecule is CC(C)=C(C)C(=O)OCCC(CO)(CO)CO.O=C(O)c1ccccc1.